The van der Waals surface area contributed by atoms with Gasteiger partial charge in [0.15, 0.2) is 23.0 Å². The van der Waals surface area contributed by atoms with Crippen LogP contribution < -0.4 is 19.3 Å². The molecule has 0 aliphatic carbocycles. The van der Waals surface area contributed by atoms with Crippen LogP contribution in [0.15, 0.2) is 170 Å². The van der Waals surface area contributed by atoms with Crippen LogP contribution in [0.5, 0.6) is 23.0 Å². The van der Waals surface area contributed by atoms with Crippen LogP contribution in [0.1, 0.15) is 0 Å². The van der Waals surface area contributed by atoms with Crippen molar-refractivity contribution in [2.24, 2.45) is 0 Å². The summed E-state index contributed by atoms with van der Waals surface area (Å²) in [6, 6.07) is 58.6. The van der Waals surface area contributed by atoms with Crippen LogP contribution in [-0.4, -0.2) is 0 Å². The van der Waals surface area contributed by atoms with Crippen molar-refractivity contribution >= 4 is 65.6 Å². The van der Waals surface area contributed by atoms with Crippen LogP contribution >= 0.6 is 11.3 Å². The van der Waals surface area contributed by atoms with Crippen molar-refractivity contribution in [1.82, 2.24) is 0 Å². The maximum Gasteiger partial charge on any atom is 0.194 e. The second-order valence-corrected chi connectivity index (χ2v) is 12.4. The Bertz CT molecular complexity index is 2330. The maximum absolute atomic E-state index is 7.05. The lowest BCUT2D eigenvalue weighted by Gasteiger charge is -2.33. The maximum atomic E-state index is 7.05. The molecule has 9 rings (SSSR count). The highest BCUT2D eigenvalue weighted by Gasteiger charge is 2.30. The Kier molecular flexibility index (Phi) is 6.61. The summed E-state index contributed by atoms with van der Waals surface area (Å²) in [7, 11) is 0. The molecule has 0 fully saturated rings. The fourth-order valence-corrected chi connectivity index (χ4v) is 7.63. The number of anilines is 6. The normalized spacial score (nSPS) is 11.7. The number of nitrogens with zero attached hydrogens (tertiary/aromatic N) is 2. The van der Waals surface area contributed by atoms with Gasteiger partial charge in [-0.1, -0.05) is 97.1 Å². The number of ether oxygens (including phenoxy) is 2. The molecule has 0 radical (unpaired) electrons. The van der Waals surface area contributed by atoms with Gasteiger partial charge in [0, 0.05) is 32.5 Å². The van der Waals surface area contributed by atoms with E-state index in [0.717, 1.165) is 34.1 Å². The van der Waals surface area contributed by atoms with Gasteiger partial charge in [-0.3, -0.25) is 0 Å². The molecule has 224 valence electrons. The van der Waals surface area contributed by atoms with E-state index in [1.54, 1.807) is 0 Å². The second-order valence-electron chi connectivity index (χ2n) is 11.3. The predicted molar refractivity (Wildman–Crippen MR) is 195 cm³/mol. The van der Waals surface area contributed by atoms with Gasteiger partial charge in [-0.15, -0.1) is 11.3 Å². The van der Waals surface area contributed by atoms with Crippen molar-refractivity contribution in [2.45, 2.75) is 0 Å². The van der Waals surface area contributed by atoms with E-state index in [1.165, 1.54) is 20.2 Å². The summed E-state index contributed by atoms with van der Waals surface area (Å²) in [6.07, 6.45) is 0. The summed E-state index contributed by atoms with van der Waals surface area (Å²) in [6.45, 7) is 0. The van der Waals surface area contributed by atoms with Crippen LogP contribution in [0.2, 0.25) is 0 Å². The SMILES string of the molecule is c1ccc(N(c2ccccc2)c2cccc3c2Oc2c(cccc2N(c2ccccc2)c2cccc4c2sc2ccccc24)O3)cc1. The van der Waals surface area contributed by atoms with Crippen molar-refractivity contribution in [2.75, 3.05) is 9.80 Å². The fourth-order valence-electron chi connectivity index (χ4n) is 6.42. The number of para-hydroxylation sites is 5. The molecule has 0 bridgehead atoms. The van der Waals surface area contributed by atoms with Gasteiger partial charge >= 0.3 is 0 Å². The molecule has 0 amide bonds. The van der Waals surface area contributed by atoms with Crippen molar-refractivity contribution in [1.29, 1.82) is 0 Å². The van der Waals surface area contributed by atoms with E-state index in [2.05, 4.69) is 137 Å². The zero-order valence-corrected chi connectivity index (χ0v) is 26.1. The lowest BCUT2D eigenvalue weighted by molar-refractivity contribution is 0.361. The first-order valence-electron chi connectivity index (χ1n) is 15.6. The highest BCUT2D eigenvalue weighted by atomic mass is 32.1. The van der Waals surface area contributed by atoms with Crippen molar-refractivity contribution in [3.8, 4) is 23.0 Å². The fraction of sp³-hybridized carbons (Fsp3) is 0. The van der Waals surface area contributed by atoms with Gasteiger partial charge in [0.1, 0.15) is 0 Å². The highest BCUT2D eigenvalue weighted by molar-refractivity contribution is 7.26. The minimum Gasteiger partial charge on any atom is -0.449 e. The molecule has 1 aliphatic rings. The van der Waals surface area contributed by atoms with E-state index in [1.807, 2.05) is 53.8 Å². The van der Waals surface area contributed by atoms with E-state index < -0.39 is 0 Å². The molecule has 2 heterocycles. The monoisotopic (exact) mass is 624 g/mol. The zero-order valence-electron chi connectivity index (χ0n) is 25.3. The topological polar surface area (TPSA) is 24.9 Å². The molecule has 0 saturated carbocycles. The summed E-state index contributed by atoms with van der Waals surface area (Å²) >= 11 is 1.81. The number of rotatable bonds is 6. The standard InChI is InChI=1S/C42H28N2O2S/c1-4-15-29(16-5-1)43(30-17-6-2-7-18-30)34-23-13-26-37-40(34)46-41-35(24-14-27-38(41)45-37)44(31-19-8-3-9-20-31)36-25-12-22-33-32-21-10-11-28-39(32)47-42(33)36/h1-28H. The third kappa shape index (κ3) is 4.68. The largest absolute Gasteiger partial charge is 0.449 e. The molecular weight excluding hydrogens is 597 g/mol. The summed E-state index contributed by atoms with van der Waals surface area (Å²) < 4.78 is 16.2. The Morgan fingerprint density at radius 1 is 0.362 bits per heavy atom. The summed E-state index contributed by atoms with van der Waals surface area (Å²) in [5.74, 6) is 2.66. The molecular formula is C42H28N2O2S. The zero-order chi connectivity index (χ0) is 31.2. The molecule has 0 unspecified atom stereocenters. The van der Waals surface area contributed by atoms with E-state index in [4.69, 9.17) is 9.47 Å². The lowest BCUT2D eigenvalue weighted by atomic mass is 10.1. The van der Waals surface area contributed by atoms with Crippen molar-refractivity contribution in [3.63, 3.8) is 0 Å². The number of fused-ring (bicyclic) bond motifs is 5. The molecule has 5 heteroatoms. The third-order valence-electron chi connectivity index (χ3n) is 8.49. The molecule has 0 spiro atoms. The van der Waals surface area contributed by atoms with Crippen molar-refractivity contribution in [3.05, 3.63) is 170 Å². The van der Waals surface area contributed by atoms with Gasteiger partial charge in [0.25, 0.3) is 0 Å². The Morgan fingerprint density at radius 2 is 0.830 bits per heavy atom. The average Bonchev–Trinajstić information content (AvgIpc) is 3.52. The van der Waals surface area contributed by atoms with Crippen LogP contribution in [0.3, 0.4) is 0 Å². The Labute approximate surface area is 276 Å². The van der Waals surface area contributed by atoms with Crippen LogP contribution in [0, 0.1) is 0 Å². The Hall–Kier alpha value is -6.04. The minimum absolute atomic E-state index is 0.660. The lowest BCUT2D eigenvalue weighted by Crippen LogP contribution is -2.15. The summed E-state index contributed by atoms with van der Waals surface area (Å²) in [4.78, 5) is 4.50. The highest BCUT2D eigenvalue weighted by Crippen LogP contribution is 2.57. The molecule has 4 nitrogen and oxygen atoms in total. The van der Waals surface area contributed by atoms with Crippen LogP contribution in [-0.2, 0) is 0 Å². The number of thiophene rings is 1. The quantitative estimate of drug-likeness (QED) is 0.184. The van der Waals surface area contributed by atoms with E-state index >= 15 is 0 Å². The summed E-state index contributed by atoms with van der Waals surface area (Å²) in [5, 5.41) is 2.50. The third-order valence-corrected chi connectivity index (χ3v) is 9.70. The number of hydrogen-bond acceptors (Lipinski definition) is 5. The van der Waals surface area contributed by atoms with Gasteiger partial charge < -0.3 is 19.3 Å². The summed E-state index contributed by atoms with van der Waals surface area (Å²) in [5.41, 5.74) is 5.95. The molecule has 1 aromatic heterocycles. The first-order chi connectivity index (χ1) is 23.3. The average molecular weight is 625 g/mol. The van der Waals surface area contributed by atoms with Gasteiger partial charge in [0.2, 0.25) is 0 Å². The van der Waals surface area contributed by atoms with E-state index in [9.17, 15) is 0 Å². The second kappa shape index (κ2) is 11.4. The number of benzene rings is 7. The van der Waals surface area contributed by atoms with Crippen LogP contribution in [0.25, 0.3) is 20.2 Å². The Morgan fingerprint density at radius 3 is 1.45 bits per heavy atom. The molecule has 7 aromatic carbocycles. The van der Waals surface area contributed by atoms with Gasteiger partial charge in [-0.2, -0.15) is 0 Å². The van der Waals surface area contributed by atoms with E-state index in [-0.39, 0.29) is 0 Å². The predicted octanol–water partition coefficient (Wildman–Crippen LogP) is 12.9. The number of hydrogen-bond donors (Lipinski definition) is 0. The molecule has 0 N–H and O–H groups in total. The Balaban J connectivity index is 1.24. The minimum atomic E-state index is 0.660. The molecule has 0 saturated heterocycles. The molecule has 0 atom stereocenters. The van der Waals surface area contributed by atoms with E-state index in [0.29, 0.717) is 23.0 Å². The molecule has 8 aromatic rings. The van der Waals surface area contributed by atoms with Gasteiger partial charge in [-0.25, -0.2) is 0 Å². The van der Waals surface area contributed by atoms with Gasteiger partial charge in [0.05, 0.1) is 21.8 Å². The van der Waals surface area contributed by atoms with Crippen LogP contribution in [0.4, 0.5) is 34.1 Å². The first-order valence-corrected chi connectivity index (χ1v) is 16.4. The molecule has 47 heavy (non-hydrogen) atoms. The first kappa shape index (κ1) is 27.3. The molecule has 1 aliphatic heterocycles. The smallest absolute Gasteiger partial charge is 0.194 e. The van der Waals surface area contributed by atoms with Gasteiger partial charge in [-0.05, 0) is 72.8 Å². The van der Waals surface area contributed by atoms with Crippen molar-refractivity contribution < 1.29 is 9.47 Å².